The molecule has 1 atom stereocenters. The molecule has 1 aromatic rings. The van der Waals surface area contributed by atoms with Gasteiger partial charge in [0, 0.05) is 4.47 Å². The van der Waals surface area contributed by atoms with Gasteiger partial charge < -0.3 is 5.11 Å². The van der Waals surface area contributed by atoms with Gasteiger partial charge in [0.05, 0.1) is 17.7 Å². The summed E-state index contributed by atoms with van der Waals surface area (Å²) < 4.78 is 0.937. The molecule has 0 saturated heterocycles. The third-order valence-corrected chi connectivity index (χ3v) is 2.46. The van der Waals surface area contributed by atoms with E-state index < -0.39 is 0 Å². The lowest BCUT2D eigenvalue weighted by Crippen LogP contribution is -2.04. The molecule has 0 aromatic heterocycles. The number of hydrogen-bond acceptors (Lipinski definition) is 2. The summed E-state index contributed by atoms with van der Waals surface area (Å²) in [6, 6.07) is 7.43. The molecule has 1 unspecified atom stereocenters. The third kappa shape index (κ3) is 2.83. The Labute approximate surface area is 85.9 Å². The zero-order valence-corrected chi connectivity index (χ0v) is 8.87. The number of aliphatic hydroxyl groups excluding tert-OH is 1. The number of benzene rings is 1. The fraction of sp³-hybridized carbons (Fsp3) is 0.300. The van der Waals surface area contributed by atoms with Crippen molar-refractivity contribution in [1.82, 2.24) is 0 Å². The maximum Gasteiger partial charge on any atom is 0.0991 e. The Morgan fingerprint density at radius 2 is 2.31 bits per heavy atom. The molecular weight excluding hydrogens is 230 g/mol. The van der Waals surface area contributed by atoms with E-state index in [1.807, 2.05) is 6.07 Å². The van der Waals surface area contributed by atoms with Crippen LogP contribution in [-0.2, 0) is 6.42 Å². The van der Waals surface area contributed by atoms with Crippen LogP contribution in [0.5, 0.6) is 0 Å². The largest absolute Gasteiger partial charge is 0.393 e. The van der Waals surface area contributed by atoms with Gasteiger partial charge in [-0.15, -0.1) is 0 Å². The zero-order chi connectivity index (χ0) is 9.84. The molecule has 3 heteroatoms. The summed E-state index contributed by atoms with van der Waals surface area (Å²) in [4.78, 5) is 0. The van der Waals surface area contributed by atoms with E-state index in [-0.39, 0.29) is 6.10 Å². The molecule has 2 nitrogen and oxygen atoms in total. The third-order valence-electron chi connectivity index (χ3n) is 1.69. The monoisotopic (exact) mass is 239 g/mol. The van der Waals surface area contributed by atoms with Crippen molar-refractivity contribution < 1.29 is 5.11 Å². The number of nitrogens with zero attached hydrogens (tertiary/aromatic N) is 1. The van der Waals surface area contributed by atoms with Gasteiger partial charge in [-0.05, 0) is 37.1 Å². The summed E-state index contributed by atoms with van der Waals surface area (Å²) in [5.74, 6) is 0. The lowest BCUT2D eigenvalue weighted by Gasteiger charge is -2.06. The van der Waals surface area contributed by atoms with Gasteiger partial charge in [-0.3, -0.25) is 0 Å². The normalized spacial score (nSPS) is 12.2. The molecule has 1 aromatic carbocycles. The van der Waals surface area contributed by atoms with Crippen LogP contribution in [0.1, 0.15) is 18.1 Å². The molecule has 0 aliphatic carbocycles. The van der Waals surface area contributed by atoms with Crippen LogP contribution in [0, 0.1) is 11.3 Å². The second-order valence-electron chi connectivity index (χ2n) is 2.97. The highest BCUT2D eigenvalue weighted by molar-refractivity contribution is 9.10. The molecule has 1 N–H and O–H groups in total. The molecule has 0 amide bonds. The van der Waals surface area contributed by atoms with Crippen LogP contribution < -0.4 is 0 Å². The summed E-state index contributed by atoms with van der Waals surface area (Å²) in [6.07, 6.45) is 0.182. The summed E-state index contributed by atoms with van der Waals surface area (Å²) in [5.41, 5.74) is 1.59. The summed E-state index contributed by atoms with van der Waals surface area (Å²) in [6.45, 7) is 1.73. The molecule has 68 valence electrons. The highest BCUT2D eigenvalue weighted by Gasteiger charge is 2.04. The highest BCUT2D eigenvalue weighted by atomic mass is 79.9. The Morgan fingerprint density at radius 3 is 2.85 bits per heavy atom. The van der Waals surface area contributed by atoms with E-state index in [9.17, 15) is 5.11 Å². The highest BCUT2D eigenvalue weighted by Crippen LogP contribution is 2.19. The van der Waals surface area contributed by atoms with Crippen LogP contribution >= 0.6 is 15.9 Å². The Morgan fingerprint density at radius 1 is 1.62 bits per heavy atom. The number of hydrogen-bond donors (Lipinski definition) is 1. The Hall–Kier alpha value is -0.850. The quantitative estimate of drug-likeness (QED) is 0.861. The van der Waals surface area contributed by atoms with Crippen molar-refractivity contribution in [3.63, 3.8) is 0 Å². The van der Waals surface area contributed by atoms with Crippen molar-refractivity contribution in [2.24, 2.45) is 0 Å². The van der Waals surface area contributed by atoms with Crippen molar-refractivity contribution in [1.29, 1.82) is 5.26 Å². The number of aliphatic hydroxyl groups is 1. The fourth-order valence-electron chi connectivity index (χ4n) is 1.12. The SMILES string of the molecule is CC(O)Cc1cc(C#N)ccc1Br. The second kappa shape index (κ2) is 4.40. The first-order chi connectivity index (χ1) is 6.13. The van der Waals surface area contributed by atoms with Crippen LogP contribution in [0.15, 0.2) is 22.7 Å². The lowest BCUT2D eigenvalue weighted by molar-refractivity contribution is 0.195. The Kier molecular flexibility index (Phi) is 3.47. The Balaban J connectivity index is 2.99. The van der Waals surface area contributed by atoms with Gasteiger partial charge in [-0.1, -0.05) is 15.9 Å². The summed E-state index contributed by atoms with van der Waals surface area (Å²) in [5, 5.41) is 17.8. The van der Waals surface area contributed by atoms with Gasteiger partial charge in [-0.25, -0.2) is 0 Å². The maximum atomic E-state index is 9.19. The minimum Gasteiger partial charge on any atom is -0.393 e. The number of nitriles is 1. The molecule has 13 heavy (non-hydrogen) atoms. The van der Waals surface area contributed by atoms with Crippen LogP contribution in [0.3, 0.4) is 0 Å². The van der Waals surface area contributed by atoms with Crippen LogP contribution in [0.25, 0.3) is 0 Å². The van der Waals surface area contributed by atoms with Gasteiger partial charge >= 0.3 is 0 Å². The van der Waals surface area contributed by atoms with E-state index in [1.165, 1.54) is 0 Å². The molecule has 0 spiro atoms. The molecule has 0 bridgehead atoms. The van der Waals surface area contributed by atoms with E-state index in [0.717, 1.165) is 10.0 Å². The average molecular weight is 240 g/mol. The Bertz CT molecular complexity index is 341. The summed E-state index contributed by atoms with van der Waals surface area (Å²) >= 11 is 3.37. The van der Waals surface area contributed by atoms with E-state index in [2.05, 4.69) is 22.0 Å². The zero-order valence-electron chi connectivity index (χ0n) is 7.29. The van der Waals surface area contributed by atoms with Crippen LogP contribution in [0.4, 0.5) is 0 Å². The summed E-state index contributed by atoms with van der Waals surface area (Å²) in [7, 11) is 0. The first-order valence-corrected chi connectivity index (χ1v) is 4.79. The van der Waals surface area contributed by atoms with Crippen molar-refractivity contribution in [3.8, 4) is 6.07 Å². The van der Waals surface area contributed by atoms with Gasteiger partial charge in [0.2, 0.25) is 0 Å². The molecule has 0 heterocycles. The van der Waals surface area contributed by atoms with E-state index in [1.54, 1.807) is 19.1 Å². The smallest absolute Gasteiger partial charge is 0.0991 e. The topological polar surface area (TPSA) is 44.0 Å². The molecule has 0 fully saturated rings. The van der Waals surface area contributed by atoms with Crippen molar-refractivity contribution in [2.75, 3.05) is 0 Å². The molecule has 0 saturated carbocycles. The first-order valence-electron chi connectivity index (χ1n) is 4.00. The minimum absolute atomic E-state index is 0.384. The van der Waals surface area contributed by atoms with Gasteiger partial charge in [0.15, 0.2) is 0 Å². The number of rotatable bonds is 2. The maximum absolute atomic E-state index is 9.19. The number of halogens is 1. The van der Waals surface area contributed by atoms with E-state index >= 15 is 0 Å². The molecule has 0 aliphatic rings. The van der Waals surface area contributed by atoms with E-state index in [4.69, 9.17) is 5.26 Å². The predicted molar refractivity (Wildman–Crippen MR) is 54.2 cm³/mol. The molecule has 0 aliphatic heterocycles. The second-order valence-corrected chi connectivity index (χ2v) is 3.83. The van der Waals surface area contributed by atoms with E-state index in [0.29, 0.717) is 12.0 Å². The molecule has 1 rings (SSSR count). The molecular formula is C10H10BrNO. The fourth-order valence-corrected chi connectivity index (χ4v) is 1.53. The van der Waals surface area contributed by atoms with Crippen molar-refractivity contribution in [3.05, 3.63) is 33.8 Å². The van der Waals surface area contributed by atoms with Crippen molar-refractivity contribution >= 4 is 15.9 Å². The molecule has 0 radical (unpaired) electrons. The van der Waals surface area contributed by atoms with Crippen LogP contribution in [0.2, 0.25) is 0 Å². The minimum atomic E-state index is -0.384. The van der Waals surface area contributed by atoms with Crippen molar-refractivity contribution in [2.45, 2.75) is 19.4 Å². The first kappa shape index (κ1) is 10.2. The predicted octanol–water partition coefficient (Wildman–Crippen LogP) is 2.24. The van der Waals surface area contributed by atoms with Crippen LogP contribution in [-0.4, -0.2) is 11.2 Å². The van der Waals surface area contributed by atoms with Gasteiger partial charge in [0.25, 0.3) is 0 Å². The lowest BCUT2D eigenvalue weighted by atomic mass is 10.1. The van der Waals surface area contributed by atoms with Gasteiger partial charge in [0.1, 0.15) is 0 Å². The standard InChI is InChI=1S/C10H10BrNO/c1-7(13)4-9-5-8(6-12)2-3-10(9)11/h2-3,5,7,13H,4H2,1H3. The van der Waals surface area contributed by atoms with Gasteiger partial charge in [-0.2, -0.15) is 5.26 Å². The average Bonchev–Trinajstić information content (AvgIpc) is 2.08.